The highest BCUT2D eigenvalue weighted by Crippen LogP contribution is 2.34. The summed E-state index contributed by atoms with van der Waals surface area (Å²) in [4.78, 5) is 33.4. The van der Waals surface area contributed by atoms with Crippen molar-refractivity contribution in [2.75, 3.05) is 5.75 Å². The fourth-order valence-corrected chi connectivity index (χ4v) is 3.90. The van der Waals surface area contributed by atoms with Gasteiger partial charge in [0.2, 0.25) is 5.91 Å². The van der Waals surface area contributed by atoms with E-state index in [4.69, 9.17) is 5.11 Å². The summed E-state index contributed by atoms with van der Waals surface area (Å²) in [6, 6.07) is -0.844. The average molecular weight is 339 g/mol. The van der Waals surface area contributed by atoms with Gasteiger partial charge in [-0.15, -0.1) is 11.3 Å². The smallest absolute Gasteiger partial charge is 0.326 e. The van der Waals surface area contributed by atoms with Gasteiger partial charge in [-0.2, -0.15) is 0 Å². The zero-order valence-electron chi connectivity index (χ0n) is 12.5. The van der Waals surface area contributed by atoms with Crippen LogP contribution in [0, 0.1) is 13.8 Å². The van der Waals surface area contributed by atoms with E-state index in [1.54, 1.807) is 18.3 Å². The molecule has 1 atom stereocenters. The summed E-state index contributed by atoms with van der Waals surface area (Å²) in [7, 11) is 0. The van der Waals surface area contributed by atoms with Crippen LogP contribution in [0.1, 0.15) is 23.8 Å². The van der Waals surface area contributed by atoms with Crippen LogP contribution in [-0.2, 0) is 9.59 Å². The number of hydrogen-bond donors (Lipinski definition) is 2. The second-order valence-electron chi connectivity index (χ2n) is 4.80. The molecule has 0 aliphatic carbocycles. The van der Waals surface area contributed by atoms with Gasteiger partial charge in [0.05, 0.1) is 5.75 Å². The van der Waals surface area contributed by atoms with Crippen LogP contribution < -0.4 is 5.32 Å². The predicted molar refractivity (Wildman–Crippen MR) is 87.5 cm³/mol. The van der Waals surface area contributed by atoms with Gasteiger partial charge in [-0.05, 0) is 25.8 Å². The standard InChI is InChI=1S/C14H17N3O3S2/c1-4-9(14(19)20)17-10(18)5-21-12-11-7(2)8(3)22-13(11)16-6-15-12/h6,9H,4-5H2,1-3H3,(H,17,18)(H,19,20). The number of nitrogens with zero attached hydrogens (tertiary/aromatic N) is 2. The van der Waals surface area contributed by atoms with Gasteiger partial charge in [-0.3, -0.25) is 4.79 Å². The fourth-order valence-electron chi connectivity index (χ4n) is 1.97. The molecule has 2 aromatic heterocycles. The van der Waals surface area contributed by atoms with E-state index in [0.717, 1.165) is 20.8 Å². The summed E-state index contributed by atoms with van der Waals surface area (Å²) in [5.41, 5.74) is 1.13. The summed E-state index contributed by atoms with van der Waals surface area (Å²) in [5.74, 6) is -1.20. The molecule has 0 bridgehead atoms. The number of aryl methyl sites for hydroxylation is 2. The Bertz CT molecular complexity index is 715. The number of amides is 1. The molecular weight excluding hydrogens is 322 g/mol. The zero-order valence-corrected chi connectivity index (χ0v) is 14.2. The van der Waals surface area contributed by atoms with Gasteiger partial charge in [-0.25, -0.2) is 14.8 Å². The molecule has 1 amide bonds. The van der Waals surface area contributed by atoms with Crippen molar-refractivity contribution in [2.45, 2.75) is 38.3 Å². The molecule has 0 saturated carbocycles. The van der Waals surface area contributed by atoms with Crippen molar-refractivity contribution >= 4 is 45.2 Å². The number of rotatable bonds is 6. The molecule has 0 aliphatic rings. The minimum Gasteiger partial charge on any atom is -0.480 e. The maximum absolute atomic E-state index is 11.9. The Kier molecular flexibility index (Phi) is 5.36. The van der Waals surface area contributed by atoms with Crippen LogP contribution in [0.5, 0.6) is 0 Å². The van der Waals surface area contributed by atoms with Crippen molar-refractivity contribution in [1.29, 1.82) is 0 Å². The second-order valence-corrected chi connectivity index (χ2v) is 6.96. The maximum Gasteiger partial charge on any atom is 0.326 e. The third-order valence-corrected chi connectivity index (χ3v) is 5.42. The molecule has 2 aromatic rings. The number of carboxylic acid groups (broad SMARTS) is 1. The van der Waals surface area contributed by atoms with Crippen molar-refractivity contribution in [3.8, 4) is 0 Å². The first-order valence-electron chi connectivity index (χ1n) is 6.79. The third kappa shape index (κ3) is 3.56. The molecular formula is C14H17N3O3S2. The lowest BCUT2D eigenvalue weighted by Crippen LogP contribution is -2.41. The molecule has 1 unspecified atom stereocenters. The maximum atomic E-state index is 11.9. The van der Waals surface area contributed by atoms with Crippen molar-refractivity contribution in [3.05, 3.63) is 16.8 Å². The number of aromatic nitrogens is 2. The van der Waals surface area contributed by atoms with E-state index >= 15 is 0 Å². The lowest BCUT2D eigenvalue weighted by atomic mass is 10.2. The summed E-state index contributed by atoms with van der Waals surface area (Å²) in [5, 5.41) is 13.2. The summed E-state index contributed by atoms with van der Waals surface area (Å²) in [6.07, 6.45) is 1.84. The van der Waals surface area contributed by atoms with Crippen molar-refractivity contribution in [1.82, 2.24) is 15.3 Å². The number of fused-ring (bicyclic) bond motifs is 1. The molecule has 22 heavy (non-hydrogen) atoms. The van der Waals surface area contributed by atoms with Gasteiger partial charge in [-0.1, -0.05) is 18.7 Å². The number of thioether (sulfide) groups is 1. The van der Waals surface area contributed by atoms with E-state index in [9.17, 15) is 9.59 Å². The number of carboxylic acids is 1. The van der Waals surface area contributed by atoms with Crippen LogP contribution in [0.2, 0.25) is 0 Å². The van der Waals surface area contributed by atoms with E-state index in [2.05, 4.69) is 15.3 Å². The molecule has 0 saturated heterocycles. The van der Waals surface area contributed by atoms with Crippen LogP contribution in [0.25, 0.3) is 10.2 Å². The van der Waals surface area contributed by atoms with Gasteiger partial charge in [0.1, 0.15) is 22.2 Å². The number of thiophene rings is 1. The first-order chi connectivity index (χ1) is 10.4. The number of carbonyl (C=O) groups excluding carboxylic acids is 1. The van der Waals surface area contributed by atoms with E-state index in [-0.39, 0.29) is 11.7 Å². The SMILES string of the molecule is CCC(NC(=O)CSc1ncnc2sc(C)c(C)c12)C(=O)O. The average Bonchev–Trinajstić information content (AvgIpc) is 2.78. The monoisotopic (exact) mass is 339 g/mol. The Morgan fingerprint density at radius 1 is 1.41 bits per heavy atom. The third-order valence-electron chi connectivity index (χ3n) is 3.31. The molecule has 2 heterocycles. The largest absolute Gasteiger partial charge is 0.480 e. The molecule has 0 spiro atoms. The summed E-state index contributed by atoms with van der Waals surface area (Å²) in [6.45, 7) is 5.76. The van der Waals surface area contributed by atoms with Crippen LogP contribution >= 0.6 is 23.1 Å². The topological polar surface area (TPSA) is 92.2 Å². The molecule has 8 heteroatoms. The second kappa shape index (κ2) is 7.06. The quantitative estimate of drug-likeness (QED) is 0.620. The van der Waals surface area contributed by atoms with Gasteiger partial charge in [0.15, 0.2) is 0 Å². The highest BCUT2D eigenvalue weighted by molar-refractivity contribution is 8.00. The lowest BCUT2D eigenvalue weighted by molar-refractivity contribution is -0.141. The van der Waals surface area contributed by atoms with Crippen molar-refractivity contribution in [3.63, 3.8) is 0 Å². The fraction of sp³-hybridized carbons (Fsp3) is 0.429. The highest BCUT2D eigenvalue weighted by Gasteiger charge is 2.18. The van der Waals surface area contributed by atoms with E-state index in [0.29, 0.717) is 6.42 Å². The predicted octanol–water partition coefficient (Wildman–Crippen LogP) is 2.38. The number of carbonyl (C=O) groups is 2. The molecule has 0 aliphatic heterocycles. The zero-order chi connectivity index (χ0) is 16.3. The molecule has 0 fully saturated rings. The molecule has 0 radical (unpaired) electrons. The van der Waals surface area contributed by atoms with Crippen LogP contribution in [0.15, 0.2) is 11.4 Å². The van der Waals surface area contributed by atoms with Gasteiger partial charge >= 0.3 is 5.97 Å². The Hall–Kier alpha value is -1.67. The van der Waals surface area contributed by atoms with E-state index in [1.807, 2.05) is 13.8 Å². The Morgan fingerprint density at radius 2 is 2.14 bits per heavy atom. The van der Waals surface area contributed by atoms with E-state index in [1.165, 1.54) is 23.0 Å². The lowest BCUT2D eigenvalue weighted by Gasteiger charge is -2.11. The molecule has 6 nitrogen and oxygen atoms in total. The van der Waals surface area contributed by atoms with Gasteiger partial charge in [0, 0.05) is 10.3 Å². The Morgan fingerprint density at radius 3 is 2.77 bits per heavy atom. The first kappa shape index (κ1) is 16.7. The van der Waals surface area contributed by atoms with Crippen LogP contribution in [0.4, 0.5) is 0 Å². The molecule has 2 rings (SSSR count). The molecule has 118 valence electrons. The first-order valence-corrected chi connectivity index (χ1v) is 8.59. The highest BCUT2D eigenvalue weighted by atomic mass is 32.2. The van der Waals surface area contributed by atoms with E-state index < -0.39 is 12.0 Å². The summed E-state index contributed by atoms with van der Waals surface area (Å²) < 4.78 is 0. The van der Waals surface area contributed by atoms with Crippen molar-refractivity contribution < 1.29 is 14.7 Å². The van der Waals surface area contributed by atoms with Gasteiger partial charge in [0.25, 0.3) is 0 Å². The normalized spacial score (nSPS) is 12.3. The number of aliphatic carboxylic acids is 1. The number of hydrogen-bond acceptors (Lipinski definition) is 6. The molecule has 2 N–H and O–H groups in total. The number of nitrogens with one attached hydrogen (secondary N) is 1. The summed E-state index contributed by atoms with van der Waals surface area (Å²) >= 11 is 2.90. The van der Waals surface area contributed by atoms with Gasteiger partial charge < -0.3 is 10.4 Å². The minimum absolute atomic E-state index is 0.129. The van der Waals surface area contributed by atoms with Crippen molar-refractivity contribution in [2.24, 2.45) is 0 Å². The van der Waals surface area contributed by atoms with Crippen LogP contribution in [-0.4, -0.2) is 38.7 Å². The van der Waals surface area contributed by atoms with Crippen LogP contribution in [0.3, 0.4) is 0 Å². The molecule has 0 aromatic carbocycles. The Labute approximate surface area is 136 Å². The minimum atomic E-state index is -1.02. The Balaban J connectivity index is 2.09.